The van der Waals surface area contributed by atoms with Gasteiger partial charge in [0.2, 0.25) is 0 Å². The zero-order valence-corrected chi connectivity index (χ0v) is 13.0. The third kappa shape index (κ3) is 4.26. The Labute approximate surface area is 113 Å². The summed E-state index contributed by atoms with van der Waals surface area (Å²) in [4.78, 5) is 9.14. The highest BCUT2D eigenvalue weighted by Gasteiger charge is 2.14. The highest BCUT2D eigenvalue weighted by atomic mass is 79.9. The molecule has 0 radical (unpaired) electrons. The number of rotatable bonds is 4. The molecule has 1 aromatic rings. The average molecular weight is 300 g/mol. The molecule has 3 nitrogen and oxygen atoms in total. The van der Waals surface area contributed by atoms with Crippen LogP contribution in [-0.2, 0) is 12.8 Å². The lowest BCUT2D eigenvalue weighted by molar-refractivity contribution is 0.374. The maximum Gasteiger partial charge on any atom is 0.144 e. The number of aryl methyl sites for hydroxylation is 2. The van der Waals surface area contributed by atoms with E-state index in [0.717, 1.165) is 41.1 Å². The molecule has 0 amide bonds. The largest absolute Gasteiger partial charge is 0.372 e. The molecule has 4 heteroatoms. The smallest absolute Gasteiger partial charge is 0.144 e. The number of hydrogen-bond donors (Lipinski definition) is 1. The highest BCUT2D eigenvalue weighted by molar-refractivity contribution is 9.10. The van der Waals surface area contributed by atoms with Gasteiger partial charge in [-0.05, 0) is 34.2 Å². The van der Waals surface area contributed by atoms with Gasteiger partial charge in [0, 0.05) is 13.5 Å². The molecule has 1 N–H and O–H groups in total. The van der Waals surface area contributed by atoms with Crippen molar-refractivity contribution in [2.75, 3.05) is 12.4 Å². The van der Waals surface area contributed by atoms with Crippen molar-refractivity contribution in [2.45, 2.75) is 47.0 Å². The molecule has 0 spiro atoms. The summed E-state index contributed by atoms with van der Waals surface area (Å²) >= 11 is 3.54. The molecular weight excluding hydrogens is 278 g/mol. The number of halogens is 1. The Morgan fingerprint density at radius 1 is 1.24 bits per heavy atom. The molecule has 0 aromatic carbocycles. The van der Waals surface area contributed by atoms with Crippen LogP contribution in [0.1, 0.15) is 45.6 Å². The van der Waals surface area contributed by atoms with Gasteiger partial charge in [0.15, 0.2) is 0 Å². The van der Waals surface area contributed by atoms with Gasteiger partial charge in [0.25, 0.3) is 0 Å². The van der Waals surface area contributed by atoms with Gasteiger partial charge in [-0.1, -0.05) is 27.7 Å². The summed E-state index contributed by atoms with van der Waals surface area (Å²) in [7, 11) is 1.89. The number of anilines is 1. The molecular formula is C13H22BrN3. The van der Waals surface area contributed by atoms with E-state index in [1.807, 2.05) is 7.05 Å². The summed E-state index contributed by atoms with van der Waals surface area (Å²) in [5, 5.41) is 3.11. The van der Waals surface area contributed by atoms with Crippen LogP contribution in [0, 0.1) is 5.41 Å². The zero-order valence-electron chi connectivity index (χ0n) is 11.4. The van der Waals surface area contributed by atoms with E-state index in [9.17, 15) is 0 Å². The van der Waals surface area contributed by atoms with Crippen LogP contribution < -0.4 is 5.32 Å². The second-order valence-corrected chi connectivity index (χ2v) is 6.21. The number of aromatic nitrogens is 2. The standard InChI is InChI=1S/C13H22BrN3/c1-6-9-11(14)12(15-5)17-10(16-9)7-8-13(2,3)4/h6-8H2,1-5H3,(H,15,16,17). The topological polar surface area (TPSA) is 37.8 Å². The Balaban J connectivity index is 2.93. The average Bonchev–Trinajstić information content (AvgIpc) is 2.26. The molecule has 0 aliphatic rings. The fourth-order valence-electron chi connectivity index (χ4n) is 1.54. The van der Waals surface area contributed by atoms with E-state index in [2.05, 4.69) is 58.9 Å². The Morgan fingerprint density at radius 2 is 1.88 bits per heavy atom. The minimum atomic E-state index is 0.322. The van der Waals surface area contributed by atoms with Gasteiger partial charge in [-0.2, -0.15) is 0 Å². The lowest BCUT2D eigenvalue weighted by Gasteiger charge is -2.18. The van der Waals surface area contributed by atoms with Crippen molar-refractivity contribution >= 4 is 21.7 Å². The summed E-state index contributed by atoms with van der Waals surface area (Å²) in [6, 6.07) is 0. The fourth-order valence-corrected chi connectivity index (χ4v) is 2.20. The molecule has 0 bridgehead atoms. The van der Waals surface area contributed by atoms with E-state index in [4.69, 9.17) is 0 Å². The van der Waals surface area contributed by atoms with E-state index in [0.29, 0.717) is 5.41 Å². The number of nitrogens with zero attached hydrogens (tertiary/aromatic N) is 2. The van der Waals surface area contributed by atoms with Gasteiger partial charge in [0.05, 0.1) is 10.2 Å². The maximum atomic E-state index is 4.60. The summed E-state index contributed by atoms with van der Waals surface area (Å²) in [6.45, 7) is 8.84. The fraction of sp³-hybridized carbons (Fsp3) is 0.692. The van der Waals surface area contributed by atoms with Gasteiger partial charge >= 0.3 is 0 Å². The molecule has 96 valence electrons. The van der Waals surface area contributed by atoms with E-state index >= 15 is 0 Å². The Morgan fingerprint density at radius 3 is 2.35 bits per heavy atom. The molecule has 1 aromatic heterocycles. The van der Waals surface area contributed by atoms with Crippen molar-refractivity contribution in [3.63, 3.8) is 0 Å². The lowest BCUT2D eigenvalue weighted by Crippen LogP contribution is -2.10. The second-order valence-electron chi connectivity index (χ2n) is 5.41. The van der Waals surface area contributed by atoms with Crippen LogP contribution in [0.25, 0.3) is 0 Å². The highest BCUT2D eigenvalue weighted by Crippen LogP contribution is 2.25. The van der Waals surface area contributed by atoms with Crippen LogP contribution in [0.15, 0.2) is 4.47 Å². The summed E-state index contributed by atoms with van der Waals surface area (Å²) in [5.41, 5.74) is 1.40. The van der Waals surface area contributed by atoms with Crippen LogP contribution in [0.3, 0.4) is 0 Å². The van der Waals surface area contributed by atoms with Crippen molar-refractivity contribution < 1.29 is 0 Å². The second kappa shape index (κ2) is 5.80. The molecule has 0 aliphatic heterocycles. The van der Waals surface area contributed by atoms with E-state index in [1.165, 1.54) is 0 Å². The molecule has 0 saturated carbocycles. The SMILES string of the molecule is CCc1nc(CCC(C)(C)C)nc(NC)c1Br. The maximum absolute atomic E-state index is 4.60. The number of nitrogens with one attached hydrogen (secondary N) is 1. The van der Waals surface area contributed by atoms with Crippen LogP contribution in [0.4, 0.5) is 5.82 Å². The third-order valence-corrected chi connectivity index (χ3v) is 3.47. The molecule has 0 atom stereocenters. The molecule has 0 aliphatic carbocycles. The summed E-state index contributed by atoms with van der Waals surface area (Å²) in [5.74, 6) is 1.82. The quantitative estimate of drug-likeness (QED) is 0.918. The third-order valence-electron chi connectivity index (χ3n) is 2.64. The molecule has 0 saturated heterocycles. The lowest BCUT2D eigenvalue weighted by atomic mass is 9.90. The van der Waals surface area contributed by atoms with Gasteiger partial charge in [-0.3, -0.25) is 0 Å². The molecule has 1 heterocycles. The van der Waals surface area contributed by atoms with Crippen molar-refractivity contribution in [1.82, 2.24) is 9.97 Å². The van der Waals surface area contributed by atoms with Crippen LogP contribution in [0.2, 0.25) is 0 Å². The van der Waals surface area contributed by atoms with Crippen LogP contribution in [-0.4, -0.2) is 17.0 Å². The minimum Gasteiger partial charge on any atom is -0.372 e. The van der Waals surface area contributed by atoms with Gasteiger partial charge < -0.3 is 5.32 Å². The van der Waals surface area contributed by atoms with Gasteiger partial charge in [0.1, 0.15) is 11.6 Å². The molecule has 17 heavy (non-hydrogen) atoms. The van der Waals surface area contributed by atoms with Crippen molar-refractivity contribution in [1.29, 1.82) is 0 Å². The van der Waals surface area contributed by atoms with Crippen molar-refractivity contribution in [3.8, 4) is 0 Å². The van der Waals surface area contributed by atoms with Crippen LogP contribution >= 0.6 is 15.9 Å². The van der Waals surface area contributed by atoms with Crippen molar-refractivity contribution in [3.05, 3.63) is 16.0 Å². The Kier molecular flexibility index (Phi) is 4.92. The first-order valence-electron chi connectivity index (χ1n) is 6.10. The van der Waals surface area contributed by atoms with E-state index in [1.54, 1.807) is 0 Å². The first-order valence-corrected chi connectivity index (χ1v) is 6.89. The monoisotopic (exact) mass is 299 g/mol. The van der Waals surface area contributed by atoms with Crippen LogP contribution in [0.5, 0.6) is 0 Å². The summed E-state index contributed by atoms with van der Waals surface area (Å²) < 4.78 is 0.988. The van der Waals surface area contributed by atoms with Crippen molar-refractivity contribution in [2.24, 2.45) is 5.41 Å². The molecule has 1 rings (SSSR count). The first kappa shape index (κ1) is 14.4. The van der Waals surface area contributed by atoms with Gasteiger partial charge in [-0.25, -0.2) is 9.97 Å². The Bertz CT molecular complexity index is 358. The predicted octanol–water partition coefficient (Wildman–Crippen LogP) is 3.82. The first-order chi connectivity index (χ1) is 7.87. The van der Waals surface area contributed by atoms with E-state index < -0.39 is 0 Å². The summed E-state index contributed by atoms with van der Waals surface area (Å²) in [6.07, 6.45) is 2.94. The normalized spacial score (nSPS) is 11.6. The Hall–Kier alpha value is -0.640. The minimum absolute atomic E-state index is 0.322. The predicted molar refractivity (Wildman–Crippen MR) is 76.4 cm³/mol. The molecule has 0 fully saturated rings. The molecule has 0 unspecified atom stereocenters. The zero-order chi connectivity index (χ0) is 13.1. The number of hydrogen-bond acceptors (Lipinski definition) is 3. The van der Waals surface area contributed by atoms with Gasteiger partial charge in [-0.15, -0.1) is 0 Å². The van der Waals surface area contributed by atoms with E-state index in [-0.39, 0.29) is 0 Å².